The second-order valence-electron chi connectivity index (χ2n) is 2.55. The summed E-state index contributed by atoms with van der Waals surface area (Å²) < 4.78 is 0. The van der Waals surface area contributed by atoms with E-state index in [4.69, 9.17) is 5.11 Å². The summed E-state index contributed by atoms with van der Waals surface area (Å²) in [5.41, 5.74) is 0. The second kappa shape index (κ2) is 2.83. The summed E-state index contributed by atoms with van der Waals surface area (Å²) in [5, 5.41) is 9.13. The first kappa shape index (κ1) is 6.56. The van der Waals surface area contributed by atoms with Crippen molar-refractivity contribution < 1.29 is 5.11 Å². The molecule has 0 aromatic carbocycles. The summed E-state index contributed by atoms with van der Waals surface area (Å²) >= 11 is 0. The SMILES string of the molecule is C[C@@H]1C=CC=C[C@@H](O)C1. The molecule has 0 unspecified atom stereocenters. The Morgan fingerprint density at radius 3 is 2.78 bits per heavy atom. The topological polar surface area (TPSA) is 20.2 Å². The van der Waals surface area contributed by atoms with Crippen molar-refractivity contribution in [1.29, 1.82) is 0 Å². The molecular weight excluding hydrogens is 112 g/mol. The Bertz CT molecular complexity index is 120. The Kier molecular flexibility index (Phi) is 2.06. The van der Waals surface area contributed by atoms with Gasteiger partial charge in [0, 0.05) is 0 Å². The van der Waals surface area contributed by atoms with Gasteiger partial charge in [-0.15, -0.1) is 0 Å². The molecule has 0 aromatic heterocycles. The Hall–Kier alpha value is -0.560. The van der Waals surface area contributed by atoms with Gasteiger partial charge in [-0.25, -0.2) is 0 Å². The van der Waals surface area contributed by atoms with Gasteiger partial charge in [0.25, 0.3) is 0 Å². The van der Waals surface area contributed by atoms with E-state index in [1.807, 2.05) is 18.2 Å². The molecule has 0 heterocycles. The fourth-order valence-electron chi connectivity index (χ4n) is 0.984. The van der Waals surface area contributed by atoms with Crippen LogP contribution in [0.4, 0.5) is 0 Å². The molecule has 1 aliphatic rings. The number of hydrogen-bond donors (Lipinski definition) is 1. The molecule has 1 aliphatic carbocycles. The third-order valence-electron chi connectivity index (χ3n) is 1.50. The van der Waals surface area contributed by atoms with E-state index in [1.165, 1.54) is 0 Å². The van der Waals surface area contributed by atoms with Gasteiger partial charge in [0.2, 0.25) is 0 Å². The second-order valence-corrected chi connectivity index (χ2v) is 2.55. The van der Waals surface area contributed by atoms with Gasteiger partial charge < -0.3 is 5.11 Å². The van der Waals surface area contributed by atoms with E-state index < -0.39 is 0 Å². The molecule has 2 atom stereocenters. The molecule has 0 amide bonds. The summed E-state index contributed by atoms with van der Waals surface area (Å²) in [5.74, 6) is 0.509. The van der Waals surface area contributed by atoms with Crippen LogP contribution in [0.2, 0.25) is 0 Å². The standard InChI is InChI=1S/C8H12O/c1-7-4-2-3-5-8(9)6-7/h2-5,7-9H,6H2,1H3/t7-,8-/m1/s1. The Morgan fingerprint density at radius 2 is 2.00 bits per heavy atom. The van der Waals surface area contributed by atoms with Gasteiger partial charge in [0.15, 0.2) is 0 Å². The van der Waals surface area contributed by atoms with Gasteiger partial charge in [-0.05, 0) is 12.3 Å². The van der Waals surface area contributed by atoms with Gasteiger partial charge in [-0.2, -0.15) is 0 Å². The van der Waals surface area contributed by atoms with Gasteiger partial charge in [0.1, 0.15) is 0 Å². The smallest absolute Gasteiger partial charge is 0.0729 e. The molecule has 0 saturated heterocycles. The van der Waals surface area contributed by atoms with Gasteiger partial charge in [-0.3, -0.25) is 0 Å². The van der Waals surface area contributed by atoms with Crippen LogP contribution in [0.15, 0.2) is 24.3 Å². The molecule has 0 aliphatic heterocycles. The number of rotatable bonds is 0. The molecule has 0 spiro atoms. The zero-order valence-corrected chi connectivity index (χ0v) is 5.62. The summed E-state index contributed by atoms with van der Waals surface area (Å²) in [6.45, 7) is 2.10. The molecule has 1 N–H and O–H groups in total. The number of aliphatic hydroxyl groups is 1. The van der Waals surface area contributed by atoms with Crippen molar-refractivity contribution in [2.45, 2.75) is 19.4 Å². The van der Waals surface area contributed by atoms with Gasteiger partial charge >= 0.3 is 0 Å². The van der Waals surface area contributed by atoms with Crippen molar-refractivity contribution in [3.8, 4) is 0 Å². The van der Waals surface area contributed by atoms with Crippen LogP contribution in [0, 0.1) is 5.92 Å². The summed E-state index contributed by atoms with van der Waals surface area (Å²) in [4.78, 5) is 0. The third kappa shape index (κ3) is 2.02. The maximum atomic E-state index is 9.13. The molecule has 0 radical (unpaired) electrons. The van der Waals surface area contributed by atoms with Gasteiger partial charge in [0.05, 0.1) is 6.10 Å². The summed E-state index contributed by atoms with van der Waals surface area (Å²) in [7, 11) is 0. The molecule has 0 saturated carbocycles. The molecule has 0 fully saturated rings. The molecule has 1 rings (SSSR count). The van der Waals surface area contributed by atoms with Crippen LogP contribution in [0.5, 0.6) is 0 Å². The first-order valence-electron chi connectivity index (χ1n) is 3.32. The summed E-state index contributed by atoms with van der Waals surface area (Å²) in [6.07, 6.45) is 8.42. The van der Waals surface area contributed by atoms with E-state index in [0.29, 0.717) is 5.92 Å². The average molecular weight is 124 g/mol. The Labute approximate surface area is 55.7 Å². The van der Waals surface area contributed by atoms with Gasteiger partial charge in [-0.1, -0.05) is 31.2 Å². The lowest BCUT2D eigenvalue weighted by Gasteiger charge is -2.05. The zero-order chi connectivity index (χ0) is 6.69. The van der Waals surface area contributed by atoms with Crippen molar-refractivity contribution >= 4 is 0 Å². The van der Waals surface area contributed by atoms with Crippen molar-refractivity contribution in [2.24, 2.45) is 5.92 Å². The maximum Gasteiger partial charge on any atom is 0.0729 e. The quantitative estimate of drug-likeness (QED) is 0.519. The van der Waals surface area contributed by atoms with Crippen LogP contribution < -0.4 is 0 Å². The van der Waals surface area contributed by atoms with Crippen LogP contribution in [0.25, 0.3) is 0 Å². The van der Waals surface area contributed by atoms with Crippen LogP contribution in [0.3, 0.4) is 0 Å². The first-order valence-corrected chi connectivity index (χ1v) is 3.32. The minimum Gasteiger partial charge on any atom is -0.389 e. The van der Waals surface area contributed by atoms with Crippen molar-refractivity contribution in [2.75, 3.05) is 0 Å². The fraction of sp³-hybridized carbons (Fsp3) is 0.500. The Morgan fingerprint density at radius 1 is 1.33 bits per heavy atom. The van der Waals surface area contributed by atoms with Crippen LogP contribution in [-0.2, 0) is 0 Å². The highest BCUT2D eigenvalue weighted by Crippen LogP contribution is 2.11. The highest BCUT2D eigenvalue weighted by Gasteiger charge is 2.05. The lowest BCUT2D eigenvalue weighted by atomic mass is 10.1. The van der Waals surface area contributed by atoms with Crippen molar-refractivity contribution in [3.63, 3.8) is 0 Å². The van der Waals surface area contributed by atoms with E-state index in [9.17, 15) is 0 Å². The lowest BCUT2D eigenvalue weighted by molar-refractivity contribution is 0.201. The normalized spacial score (nSPS) is 34.4. The average Bonchev–Trinajstić information content (AvgIpc) is 1.93. The monoisotopic (exact) mass is 124 g/mol. The van der Waals surface area contributed by atoms with E-state index in [-0.39, 0.29) is 6.10 Å². The van der Waals surface area contributed by atoms with E-state index >= 15 is 0 Å². The van der Waals surface area contributed by atoms with E-state index in [1.54, 1.807) is 0 Å². The minimum atomic E-state index is -0.241. The molecule has 1 nitrogen and oxygen atoms in total. The maximum absolute atomic E-state index is 9.13. The highest BCUT2D eigenvalue weighted by atomic mass is 16.3. The Balaban J connectivity index is 2.54. The summed E-state index contributed by atoms with van der Waals surface area (Å²) in [6, 6.07) is 0. The molecule has 50 valence electrons. The third-order valence-corrected chi connectivity index (χ3v) is 1.50. The molecular formula is C8H12O. The van der Waals surface area contributed by atoms with Crippen LogP contribution in [-0.4, -0.2) is 11.2 Å². The zero-order valence-electron chi connectivity index (χ0n) is 5.62. The molecule has 9 heavy (non-hydrogen) atoms. The largest absolute Gasteiger partial charge is 0.389 e. The molecule has 1 heteroatoms. The molecule has 0 bridgehead atoms. The number of hydrogen-bond acceptors (Lipinski definition) is 1. The van der Waals surface area contributed by atoms with Crippen LogP contribution in [0.1, 0.15) is 13.3 Å². The fourth-order valence-corrected chi connectivity index (χ4v) is 0.984. The predicted molar refractivity (Wildman–Crippen MR) is 38.1 cm³/mol. The number of aliphatic hydroxyl groups excluding tert-OH is 1. The minimum absolute atomic E-state index is 0.241. The van der Waals surface area contributed by atoms with Crippen molar-refractivity contribution in [3.05, 3.63) is 24.3 Å². The number of allylic oxidation sites excluding steroid dienone is 3. The first-order chi connectivity index (χ1) is 4.29. The molecule has 0 aromatic rings. The lowest BCUT2D eigenvalue weighted by Crippen LogP contribution is -2.05. The van der Waals surface area contributed by atoms with E-state index in [0.717, 1.165) is 6.42 Å². The highest BCUT2D eigenvalue weighted by molar-refractivity contribution is 5.09. The van der Waals surface area contributed by atoms with Crippen LogP contribution >= 0.6 is 0 Å². The predicted octanol–water partition coefficient (Wildman–Crippen LogP) is 1.50. The van der Waals surface area contributed by atoms with Crippen molar-refractivity contribution in [1.82, 2.24) is 0 Å². The van der Waals surface area contributed by atoms with E-state index in [2.05, 4.69) is 13.0 Å².